The highest BCUT2D eigenvalue weighted by atomic mass is 19.4. The number of halogens is 3. The summed E-state index contributed by atoms with van der Waals surface area (Å²) in [6.45, 7) is 2.18. The molecule has 0 aliphatic carbocycles. The predicted molar refractivity (Wildman–Crippen MR) is 92.7 cm³/mol. The first-order valence-electron chi connectivity index (χ1n) is 8.55. The average molecular weight is 416 g/mol. The number of hydrogen-bond donors (Lipinski definition) is 2. The van der Waals surface area contributed by atoms with Gasteiger partial charge < -0.3 is 24.8 Å². The zero-order valence-corrected chi connectivity index (χ0v) is 15.6. The highest BCUT2D eigenvalue weighted by molar-refractivity contribution is 5.94. The van der Waals surface area contributed by atoms with E-state index in [-0.39, 0.29) is 23.6 Å². The molecule has 1 atom stereocenters. The van der Waals surface area contributed by atoms with E-state index in [0.29, 0.717) is 0 Å². The van der Waals surface area contributed by atoms with Crippen LogP contribution in [-0.2, 0) is 25.2 Å². The zero-order valence-electron chi connectivity index (χ0n) is 15.6. The summed E-state index contributed by atoms with van der Waals surface area (Å²) >= 11 is 0. The van der Waals surface area contributed by atoms with Gasteiger partial charge >= 0.3 is 24.1 Å². The van der Waals surface area contributed by atoms with E-state index in [0.717, 1.165) is 18.2 Å². The molecule has 0 unspecified atom stereocenters. The Hall–Kier alpha value is -3.24. The van der Waals surface area contributed by atoms with Gasteiger partial charge in [0, 0.05) is 0 Å². The Bertz CT molecular complexity index is 822. The summed E-state index contributed by atoms with van der Waals surface area (Å²) in [6, 6.07) is 2.78. The highest BCUT2D eigenvalue weighted by Crippen LogP contribution is 2.31. The zero-order chi connectivity index (χ0) is 21.6. The minimum Gasteiger partial charge on any atom is -0.482 e. The van der Waals surface area contributed by atoms with Crippen molar-refractivity contribution in [1.29, 1.82) is 0 Å². The summed E-state index contributed by atoms with van der Waals surface area (Å²) in [7, 11) is 0. The Morgan fingerprint density at radius 3 is 2.59 bits per heavy atom. The van der Waals surface area contributed by atoms with Gasteiger partial charge in [-0.25, -0.2) is 14.4 Å². The first-order chi connectivity index (χ1) is 13.6. The van der Waals surface area contributed by atoms with Crippen LogP contribution in [0.4, 0.5) is 18.0 Å². The van der Waals surface area contributed by atoms with Crippen molar-refractivity contribution in [3.63, 3.8) is 0 Å². The van der Waals surface area contributed by atoms with Crippen LogP contribution in [0.2, 0.25) is 0 Å². The lowest BCUT2D eigenvalue weighted by Gasteiger charge is -2.26. The monoisotopic (exact) mass is 416 g/mol. The third-order valence-electron chi connectivity index (χ3n) is 3.76. The molecule has 1 heterocycles. The smallest absolute Gasteiger partial charge is 0.416 e. The van der Waals surface area contributed by atoms with Crippen LogP contribution in [0.3, 0.4) is 0 Å². The van der Waals surface area contributed by atoms with Crippen molar-refractivity contribution in [3.8, 4) is 5.75 Å². The Balaban J connectivity index is 1.99. The number of hydrogen-bond acceptors (Lipinski definition) is 6. The molecule has 1 aromatic carbocycles. The van der Waals surface area contributed by atoms with E-state index in [1.54, 1.807) is 13.8 Å². The second kappa shape index (κ2) is 9.30. The molecule has 29 heavy (non-hydrogen) atoms. The quantitative estimate of drug-likeness (QED) is 0.661. The van der Waals surface area contributed by atoms with Gasteiger partial charge in [0.05, 0.1) is 29.5 Å². The van der Waals surface area contributed by atoms with Crippen LogP contribution in [0, 0.1) is 0 Å². The van der Waals surface area contributed by atoms with Crippen LogP contribution in [-0.4, -0.2) is 43.8 Å². The van der Waals surface area contributed by atoms with Gasteiger partial charge in [-0.15, -0.1) is 0 Å². The van der Waals surface area contributed by atoms with Crippen molar-refractivity contribution in [1.82, 2.24) is 10.6 Å². The van der Waals surface area contributed by atoms with Gasteiger partial charge in [0.15, 0.2) is 6.61 Å². The highest BCUT2D eigenvalue weighted by Gasteiger charge is 2.31. The number of ether oxygens (including phenoxy) is 3. The van der Waals surface area contributed by atoms with Gasteiger partial charge in [-0.05, 0) is 32.0 Å². The van der Waals surface area contributed by atoms with Crippen LogP contribution in [0.1, 0.15) is 19.4 Å². The van der Waals surface area contributed by atoms with Crippen molar-refractivity contribution < 1.29 is 41.8 Å². The molecule has 158 valence electrons. The van der Waals surface area contributed by atoms with E-state index in [4.69, 9.17) is 14.2 Å². The lowest BCUT2D eigenvalue weighted by molar-refractivity contribution is -0.145. The number of benzene rings is 1. The number of carbonyl (C=O) groups is 3. The fourth-order valence-electron chi connectivity index (χ4n) is 2.49. The second-order valence-electron chi connectivity index (χ2n) is 5.91. The molecule has 0 radical (unpaired) electrons. The normalized spacial score (nSPS) is 16.6. The molecule has 8 nitrogen and oxygen atoms in total. The molecular weight excluding hydrogens is 397 g/mol. The molecule has 1 aliphatic heterocycles. The lowest BCUT2D eigenvalue weighted by atomic mass is 10.0. The number of alkyl halides is 3. The van der Waals surface area contributed by atoms with Gasteiger partial charge in [0.2, 0.25) is 0 Å². The van der Waals surface area contributed by atoms with Gasteiger partial charge in [-0.2, -0.15) is 13.2 Å². The molecule has 0 fully saturated rings. The number of carbonyl (C=O) groups excluding carboxylic acids is 3. The molecule has 1 aliphatic rings. The molecule has 0 bridgehead atoms. The minimum absolute atomic E-state index is 0.0483. The summed E-state index contributed by atoms with van der Waals surface area (Å²) in [4.78, 5) is 35.5. The summed E-state index contributed by atoms with van der Waals surface area (Å²) < 4.78 is 53.0. The van der Waals surface area contributed by atoms with E-state index in [1.165, 1.54) is 6.07 Å². The number of nitrogens with one attached hydrogen (secondary N) is 2. The standard InChI is InChI=1S/C18H19F3N2O6/c1-3-27-16(25)15-10(2)22-17(26)23-13(15)8-29-14(24)9-28-12-6-4-5-11(7-12)18(19,20)21/h4-7,10H,3,8-9H2,1-2H3,(H2,22,23,26)/t10-/m0/s1. The SMILES string of the molecule is CCOC(=O)C1=C(COC(=O)COc2cccc(C(F)(F)F)c2)NC(=O)N[C@H]1C. The van der Waals surface area contributed by atoms with Crippen LogP contribution in [0.5, 0.6) is 5.75 Å². The fourth-order valence-corrected chi connectivity index (χ4v) is 2.49. The third kappa shape index (κ3) is 6.13. The molecule has 1 aromatic rings. The third-order valence-corrected chi connectivity index (χ3v) is 3.76. The van der Waals surface area contributed by atoms with Crippen molar-refractivity contribution in [3.05, 3.63) is 41.1 Å². The van der Waals surface area contributed by atoms with E-state index < -0.39 is 49.0 Å². The van der Waals surface area contributed by atoms with Crippen LogP contribution in [0.15, 0.2) is 35.5 Å². The Morgan fingerprint density at radius 2 is 1.93 bits per heavy atom. The Kier molecular flexibility index (Phi) is 7.08. The first kappa shape index (κ1) is 22.1. The predicted octanol–water partition coefficient (Wildman–Crippen LogP) is 2.15. The van der Waals surface area contributed by atoms with E-state index in [2.05, 4.69) is 10.6 Å². The maximum Gasteiger partial charge on any atom is 0.416 e. The topological polar surface area (TPSA) is 103 Å². The Morgan fingerprint density at radius 1 is 1.21 bits per heavy atom. The van der Waals surface area contributed by atoms with Crippen molar-refractivity contribution in [2.24, 2.45) is 0 Å². The number of rotatable bonds is 7. The summed E-state index contributed by atoms with van der Waals surface area (Å²) in [6.07, 6.45) is -4.54. The van der Waals surface area contributed by atoms with Crippen LogP contribution >= 0.6 is 0 Å². The van der Waals surface area contributed by atoms with Crippen LogP contribution in [0.25, 0.3) is 0 Å². The van der Waals surface area contributed by atoms with Gasteiger partial charge in [-0.1, -0.05) is 6.07 Å². The fraction of sp³-hybridized carbons (Fsp3) is 0.389. The maximum atomic E-state index is 12.7. The molecule has 2 N–H and O–H groups in total. The van der Waals surface area contributed by atoms with Gasteiger partial charge in [-0.3, -0.25) is 0 Å². The molecule has 0 aromatic heterocycles. The molecular formula is C18H19F3N2O6. The van der Waals surface area contributed by atoms with E-state index in [9.17, 15) is 27.6 Å². The average Bonchev–Trinajstić information content (AvgIpc) is 2.64. The number of urea groups is 1. The minimum atomic E-state index is -4.54. The molecule has 2 rings (SSSR count). The lowest BCUT2D eigenvalue weighted by Crippen LogP contribution is -2.50. The summed E-state index contributed by atoms with van der Waals surface area (Å²) in [5, 5.41) is 4.86. The van der Waals surface area contributed by atoms with Crippen molar-refractivity contribution >= 4 is 18.0 Å². The van der Waals surface area contributed by atoms with E-state index >= 15 is 0 Å². The first-order valence-corrected chi connectivity index (χ1v) is 8.55. The van der Waals surface area contributed by atoms with Crippen molar-refractivity contribution in [2.75, 3.05) is 19.8 Å². The van der Waals surface area contributed by atoms with Gasteiger partial charge in [0.1, 0.15) is 12.4 Å². The molecule has 0 saturated carbocycles. The van der Waals surface area contributed by atoms with Crippen molar-refractivity contribution in [2.45, 2.75) is 26.1 Å². The summed E-state index contributed by atoms with van der Waals surface area (Å²) in [5.74, 6) is -1.75. The summed E-state index contributed by atoms with van der Waals surface area (Å²) in [5.41, 5.74) is -0.774. The maximum absolute atomic E-state index is 12.7. The largest absolute Gasteiger partial charge is 0.482 e. The molecule has 0 spiro atoms. The molecule has 0 saturated heterocycles. The Labute approximate surface area is 164 Å². The van der Waals surface area contributed by atoms with E-state index in [1.807, 2.05) is 0 Å². The van der Waals surface area contributed by atoms with Crippen LogP contribution < -0.4 is 15.4 Å². The molecule has 11 heteroatoms. The van der Waals surface area contributed by atoms with Gasteiger partial charge in [0.25, 0.3) is 0 Å². The second-order valence-corrected chi connectivity index (χ2v) is 5.91. The molecule has 2 amide bonds. The number of amides is 2. The number of esters is 2.